The van der Waals surface area contributed by atoms with Crippen LogP contribution < -0.4 is 20.4 Å². The molecule has 32 heavy (non-hydrogen) atoms. The summed E-state index contributed by atoms with van der Waals surface area (Å²) in [7, 11) is 0. The van der Waals surface area contributed by atoms with Gasteiger partial charge < -0.3 is 25.0 Å². The van der Waals surface area contributed by atoms with Crippen molar-refractivity contribution in [3.05, 3.63) is 16.1 Å². The Morgan fingerprint density at radius 3 is 2.75 bits per heavy atom. The number of hydrogen-bond acceptors (Lipinski definition) is 11. The molecule has 0 spiro atoms. The van der Waals surface area contributed by atoms with Crippen LogP contribution in [0.3, 0.4) is 0 Å². The topological polar surface area (TPSA) is 150 Å². The minimum atomic E-state index is -0.959. The van der Waals surface area contributed by atoms with Crippen LogP contribution >= 0.6 is 11.3 Å². The molecule has 2 aromatic rings. The largest absolute Gasteiger partial charge is 0.480 e. The highest BCUT2D eigenvalue weighted by molar-refractivity contribution is 7.17. The van der Waals surface area contributed by atoms with Crippen molar-refractivity contribution in [2.45, 2.75) is 20.3 Å². The molecule has 1 saturated heterocycles. The van der Waals surface area contributed by atoms with Crippen LogP contribution in [0.1, 0.15) is 27.9 Å². The van der Waals surface area contributed by atoms with Gasteiger partial charge >= 0.3 is 11.9 Å². The normalized spacial score (nSPS) is 15.4. The number of aliphatic carboxylic acids is 1. The number of aromatic nitrogens is 3. The number of amides is 1. The molecule has 0 saturated carbocycles. The van der Waals surface area contributed by atoms with Gasteiger partial charge in [0.1, 0.15) is 23.1 Å². The van der Waals surface area contributed by atoms with Gasteiger partial charge in [0.25, 0.3) is 0 Å². The van der Waals surface area contributed by atoms with E-state index in [0.29, 0.717) is 53.4 Å². The Kier molecular flexibility index (Phi) is 6.08. The maximum absolute atomic E-state index is 12.1. The Bertz CT molecular complexity index is 1070. The first kappa shape index (κ1) is 21.7. The van der Waals surface area contributed by atoms with E-state index in [4.69, 9.17) is 4.74 Å². The molecule has 2 aromatic heterocycles. The number of aryl methyl sites for hydroxylation is 1. The van der Waals surface area contributed by atoms with Gasteiger partial charge in [-0.2, -0.15) is 9.97 Å². The predicted octanol–water partition coefficient (Wildman–Crippen LogP) is 0.545. The second-order valence-electron chi connectivity index (χ2n) is 7.29. The number of carboxylic acids is 1. The summed E-state index contributed by atoms with van der Waals surface area (Å²) in [4.78, 5) is 52.8. The van der Waals surface area contributed by atoms with Crippen molar-refractivity contribution in [3.63, 3.8) is 0 Å². The molecule has 0 unspecified atom stereocenters. The Morgan fingerprint density at radius 1 is 1.25 bits per heavy atom. The van der Waals surface area contributed by atoms with Gasteiger partial charge in [0.05, 0.1) is 18.8 Å². The third-order valence-corrected chi connectivity index (χ3v) is 6.09. The highest BCUT2D eigenvalue weighted by atomic mass is 32.1. The smallest absolute Gasteiger partial charge is 0.350 e. The van der Waals surface area contributed by atoms with Crippen molar-refractivity contribution < 1.29 is 24.2 Å². The fourth-order valence-electron chi connectivity index (χ4n) is 3.68. The Balaban J connectivity index is 1.69. The van der Waals surface area contributed by atoms with Crippen LogP contribution in [0.15, 0.2) is 0 Å². The van der Waals surface area contributed by atoms with Gasteiger partial charge in [0.2, 0.25) is 11.9 Å². The molecule has 0 aromatic carbocycles. The molecule has 2 aliphatic rings. The maximum atomic E-state index is 12.1. The molecule has 4 heterocycles. The minimum Gasteiger partial charge on any atom is -0.480 e. The number of carbonyl (C=O) groups excluding carboxylic acids is 2. The zero-order valence-electron chi connectivity index (χ0n) is 17.7. The number of carbonyl (C=O) groups is 3. The fourth-order valence-corrected chi connectivity index (χ4v) is 4.54. The van der Waals surface area contributed by atoms with Gasteiger partial charge in [-0.15, -0.1) is 0 Å². The molecule has 0 bridgehead atoms. The van der Waals surface area contributed by atoms with E-state index in [1.165, 1.54) is 0 Å². The molecule has 1 amide bonds. The molecule has 2 aliphatic heterocycles. The molecule has 0 radical (unpaired) electrons. The van der Waals surface area contributed by atoms with Crippen LogP contribution in [0.4, 0.5) is 22.7 Å². The van der Waals surface area contributed by atoms with Crippen molar-refractivity contribution in [2.75, 3.05) is 54.4 Å². The summed E-state index contributed by atoms with van der Waals surface area (Å²) in [6, 6.07) is 0. The zero-order valence-corrected chi connectivity index (χ0v) is 18.5. The molecule has 0 aliphatic carbocycles. The average Bonchev–Trinajstić information content (AvgIpc) is 3.30. The number of nitrogens with zero attached hydrogens (tertiary/aromatic N) is 5. The monoisotopic (exact) mass is 461 g/mol. The first-order valence-corrected chi connectivity index (χ1v) is 11.0. The van der Waals surface area contributed by atoms with Crippen molar-refractivity contribution >= 4 is 51.9 Å². The lowest BCUT2D eigenvalue weighted by Crippen LogP contribution is -2.48. The number of rotatable bonds is 7. The third kappa shape index (κ3) is 4.42. The first-order chi connectivity index (χ1) is 15.4. The number of anilines is 4. The SMILES string of the molecule is CCOC(=O)c1sc(Nc2nc3c(c(N4CCNC(=O)C4)n2)CCN3CC(=O)O)nc1C. The van der Waals surface area contributed by atoms with E-state index in [1.807, 2.05) is 4.90 Å². The molecular formula is C19H23N7O5S. The van der Waals surface area contributed by atoms with E-state index in [-0.39, 0.29) is 31.6 Å². The van der Waals surface area contributed by atoms with Crippen molar-refractivity contribution in [1.82, 2.24) is 20.3 Å². The summed E-state index contributed by atoms with van der Waals surface area (Å²) in [5, 5.41) is 15.5. The van der Waals surface area contributed by atoms with Gasteiger partial charge in [-0.3, -0.25) is 14.9 Å². The van der Waals surface area contributed by atoms with Gasteiger partial charge in [0.15, 0.2) is 5.13 Å². The van der Waals surface area contributed by atoms with Crippen molar-refractivity contribution in [3.8, 4) is 0 Å². The number of esters is 1. The predicted molar refractivity (Wildman–Crippen MR) is 117 cm³/mol. The third-order valence-electron chi connectivity index (χ3n) is 5.03. The minimum absolute atomic E-state index is 0.104. The number of ether oxygens (including phenoxy) is 1. The Hall–Kier alpha value is -3.48. The molecule has 1 fully saturated rings. The van der Waals surface area contributed by atoms with Gasteiger partial charge in [-0.25, -0.2) is 9.78 Å². The number of hydrogen-bond donors (Lipinski definition) is 3. The van der Waals surface area contributed by atoms with E-state index in [2.05, 4.69) is 25.6 Å². The van der Waals surface area contributed by atoms with Gasteiger partial charge in [-0.1, -0.05) is 11.3 Å². The molecule has 12 nitrogen and oxygen atoms in total. The van der Waals surface area contributed by atoms with E-state index in [9.17, 15) is 19.5 Å². The molecular weight excluding hydrogens is 438 g/mol. The average molecular weight is 462 g/mol. The van der Waals surface area contributed by atoms with Crippen LogP contribution in [-0.2, 0) is 20.7 Å². The number of nitrogens with one attached hydrogen (secondary N) is 2. The summed E-state index contributed by atoms with van der Waals surface area (Å²) >= 11 is 1.13. The summed E-state index contributed by atoms with van der Waals surface area (Å²) < 4.78 is 5.06. The number of fused-ring (bicyclic) bond motifs is 1. The summed E-state index contributed by atoms with van der Waals surface area (Å²) in [5.74, 6) is -0.180. The van der Waals surface area contributed by atoms with Gasteiger partial charge in [-0.05, 0) is 20.3 Å². The quantitative estimate of drug-likeness (QED) is 0.496. The summed E-state index contributed by atoms with van der Waals surface area (Å²) in [6.45, 7) is 5.25. The Morgan fingerprint density at radius 2 is 2.03 bits per heavy atom. The van der Waals surface area contributed by atoms with Crippen molar-refractivity contribution in [2.24, 2.45) is 0 Å². The summed E-state index contributed by atoms with van der Waals surface area (Å²) in [5.41, 5.74) is 1.34. The van der Waals surface area contributed by atoms with E-state index < -0.39 is 11.9 Å². The highest BCUT2D eigenvalue weighted by Gasteiger charge is 2.31. The van der Waals surface area contributed by atoms with E-state index in [0.717, 1.165) is 16.9 Å². The molecule has 170 valence electrons. The van der Waals surface area contributed by atoms with Crippen LogP contribution in [0.5, 0.6) is 0 Å². The molecule has 4 rings (SSSR count). The fraction of sp³-hybridized carbons (Fsp3) is 0.474. The van der Waals surface area contributed by atoms with E-state index >= 15 is 0 Å². The number of thiazole rings is 1. The lowest BCUT2D eigenvalue weighted by Gasteiger charge is -2.29. The van der Waals surface area contributed by atoms with E-state index in [1.54, 1.807) is 18.7 Å². The van der Waals surface area contributed by atoms with Crippen LogP contribution in [-0.4, -0.2) is 77.2 Å². The zero-order chi connectivity index (χ0) is 22.8. The van der Waals surface area contributed by atoms with Crippen LogP contribution in [0.25, 0.3) is 0 Å². The van der Waals surface area contributed by atoms with Gasteiger partial charge in [0, 0.05) is 25.2 Å². The Labute approximate surface area is 187 Å². The van der Waals surface area contributed by atoms with Crippen molar-refractivity contribution in [1.29, 1.82) is 0 Å². The maximum Gasteiger partial charge on any atom is 0.350 e. The first-order valence-electron chi connectivity index (χ1n) is 10.2. The molecule has 0 atom stereocenters. The highest BCUT2D eigenvalue weighted by Crippen LogP contribution is 2.35. The van der Waals surface area contributed by atoms with Crippen LogP contribution in [0, 0.1) is 6.92 Å². The number of piperazine rings is 1. The second-order valence-corrected chi connectivity index (χ2v) is 8.29. The standard InChI is InChI=1S/C19H23N7O5S/c1-3-31-17(30)14-10(2)21-19(32-14)24-18-22-15-11(4-6-25(15)9-13(28)29)16(23-18)26-7-5-20-12(27)8-26/h3-9H2,1-2H3,(H,20,27)(H,28,29)(H,21,22,23,24). The molecule has 3 N–H and O–H groups in total. The number of carboxylic acid groups (broad SMARTS) is 1. The lowest BCUT2D eigenvalue weighted by molar-refractivity contribution is -0.135. The van der Waals surface area contributed by atoms with Crippen LogP contribution in [0.2, 0.25) is 0 Å². The molecule has 13 heteroatoms. The summed E-state index contributed by atoms with van der Waals surface area (Å²) in [6.07, 6.45) is 0.583. The lowest BCUT2D eigenvalue weighted by atomic mass is 10.2. The second kappa shape index (κ2) is 8.94.